The molecule has 0 heterocycles. The van der Waals surface area contributed by atoms with E-state index in [1.807, 2.05) is 38.1 Å². The van der Waals surface area contributed by atoms with Crippen LogP contribution in [0.2, 0.25) is 0 Å². The molecular formula is C21H31N3O3. The first-order valence-electron chi connectivity index (χ1n) is 9.93. The SMILES string of the molecule is CCCNC(=O)[C@@H]1CCCC[C@@H]1C(=O)NCCC(=O)Nc1ccccc1C. The smallest absolute Gasteiger partial charge is 0.226 e. The van der Waals surface area contributed by atoms with Gasteiger partial charge in [-0.15, -0.1) is 0 Å². The van der Waals surface area contributed by atoms with Gasteiger partial charge in [-0.25, -0.2) is 0 Å². The Morgan fingerprint density at radius 1 is 0.963 bits per heavy atom. The summed E-state index contributed by atoms with van der Waals surface area (Å²) in [6.45, 7) is 4.86. The van der Waals surface area contributed by atoms with Gasteiger partial charge in [0.1, 0.15) is 0 Å². The summed E-state index contributed by atoms with van der Waals surface area (Å²) in [5.74, 6) is -0.823. The predicted octanol–water partition coefficient (Wildman–Crippen LogP) is 2.77. The summed E-state index contributed by atoms with van der Waals surface area (Å²) >= 11 is 0. The van der Waals surface area contributed by atoms with Crippen molar-refractivity contribution in [1.82, 2.24) is 10.6 Å². The number of hydrogen-bond donors (Lipinski definition) is 3. The number of benzene rings is 1. The highest BCUT2D eigenvalue weighted by atomic mass is 16.2. The number of anilines is 1. The topological polar surface area (TPSA) is 87.3 Å². The van der Waals surface area contributed by atoms with Gasteiger partial charge in [0, 0.05) is 37.0 Å². The first kappa shape index (κ1) is 20.9. The van der Waals surface area contributed by atoms with E-state index in [9.17, 15) is 14.4 Å². The molecule has 0 spiro atoms. The van der Waals surface area contributed by atoms with Crippen molar-refractivity contribution in [2.75, 3.05) is 18.4 Å². The second-order valence-electron chi connectivity index (χ2n) is 7.19. The molecule has 1 saturated carbocycles. The normalized spacial score (nSPS) is 19.2. The van der Waals surface area contributed by atoms with Crippen LogP contribution in [0.5, 0.6) is 0 Å². The molecule has 27 heavy (non-hydrogen) atoms. The summed E-state index contributed by atoms with van der Waals surface area (Å²) in [6.07, 6.45) is 4.51. The van der Waals surface area contributed by atoms with E-state index in [1.165, 1.54) is 0 Å². The lowest BCUT2D eigenvalue weighted by Crippen LogP contribution is -2.44. The molecule has 1 fully saturated rings. The van der Waals surface area contributed by atoms with Crippen LogP contribution in [-0.2, 0) is 14.4 Å². The summed E-state index contributed by atoms with van der Waals surface area (Å²) < 4.78 is 0. The fraction of sp³-hybridized carbons (Fsp3) is 0.571. The molecule has 6 nitrogen and oxygen atoms in total. The van der Waals surface area contributed by atoms with Crippen LogP contribution in [0.25, 0.3) is 0 Å². The summed E-state index contributed by atoms with van der Waals surface area (Å²) in [7, 11) is 0. The lowest BCUT2D eigenvalue weighted by atomic mass is 9.78. The molecule has 2 atom stereocenters. The third kappa shape index (κ3) is 6.38. The fourth-order valence-corrected chi connectivity index (χ4v) is 3.49. The summed E-state index contributed by atoms with van der Waals surface area (Å²) in [5, 5.41) is 8.61. The van der Waals surface area contributed by atoms with Gasteiger partial charge < -0.3 is 16.0 Å². The van der Waals surface area contributed by atoms with Gasteiger partial charge in [-0.1, -0.05) is 38.0 Å². The fourth-order valence-electron chi connectivity index (χ4n) is 3.49. The molecule has 2 rings (SSSR count). The van der Waals surface area contributed by atoms with Gasteiger partial charge in [-0.05, 0) is 37.8 Å². The van der Waals surface area contributed by atoms with E-state index in [0.717, 1.165) is 43.4 Å². The minimum Gasteiger partial charge on any atom is -0.356 e. The van der Waals surface area contributed by atoms with Crippen molar-refractivity contribution in [3.05, 3.63) is 29.8 Å². The minimum atomic E-state index is -0.296. The van der Waals surface area contributed by atoms with Gasteiger partial charge in [0.15, 0.2) is 0 Å². The first-order valence-corrected chi connectivity index (χ1v) is 9.93. The van der Waals surface area contributed by atoms with E-state index in [0.29, 0.717) is 6.54 Å². The Labute approximate surface area is 161 Å². The molecule has 0 aromatic heterocycles. The molecule has 3 amide bonds. The van der Waals surface area contributed by atoms with Gasteiger partial charge >= 0.3 is 0 Å². The maximum atomic E-state index is 12.6. The Hall–Kier alpha value is -2.37. The van der Waals surface area contributed by atoms with Crippen molar-refractivity contribution in [2.24, 2.45) is 11.8 Å². The number of rotatable bonds is 8. The van der Waals surface area contributed by atoms with Crippen LogP contribution in [0.4, 0.5) is 5.69 Å². The molecule has 1 aliphatic rings. The van der Waals surface area contributed by atoms with E-state index in [-0.39, 0.29) is 42.5 Å². The summed E-state index contributed by atoms with van der Waals surface area (Å²) in [4.78, 5) is 37.0. The van der Waals surface area contributed by atoms with E-state index in [4.69, 9.17) is 0 Å². The quantitative estimate of drug-likeness (QED) is 0.655. The van der Waals surface area contributed by atoms with Crippen LogP contribution < -0.4 is 16.0 Å². The molecule has 1 aromatic carbocycles. The number of nitrogens with one attached hydrogen (secondary N) is 3. The molecule has 0 bridgehead atoms. The molecule has 0 radical (unpaired) electrons. The van der Waals surface area contributed by atoms with Gasteiger partial charge in [-0.2, -0.15) is 0 Å². The molecule has 1 aromatic rings. The monoisotopic (exact) mass is 373 g/mol. The highest BCUT2D eigenvalue weighted by Gasteiger charge is 2.35. The van der Waals surface area contributed by atoms with Crippen molar-refractivity contribution in [2.45, 2.75) is 52.4 Å². The molecular weight excluding hydrogens is 342 g/mol. The average molecular weight is 373 g/mol. The van der Waals surface area contributed by atoms with E-state index in [2.05, 4.69) is 16.0 Å². The Morgan fingerprint density at radius 3 is 2.15 bits per heavy atom. The van der Waals surface area contributed by atoms with Crippen LogP contribution in [0.15, 0.2) is 24.3 Å². The van der Waals surface area contributed by atoms with E-state index >= 15 is 0 Å². The largest absolute Gasteiger partial charge is 0.356 e. The Morgan fingerprint density at radius 2 is 1.56 bits per heavy atom. The second-order valence-corrected chi connectivity index (χ2v) is 7.19. The molecule has 0 unspecified atom stereocenters. The lowest BCUT2D eigenvalue weighted by molar-refractivity contribution is -0.136. The van der Waals surface area contributed by atoms with Crippen LogP contribution >= 0.6 is 0 Å². The Kier molecular flexibility index (Phi) is 8.30. The van der Waals surface area contributed by atoms with E-state index in [1.54, 1.807) is 0 Å². The maximum absolute atomic E-state index is 12.6. The Balaban J connectivity index is 1.80. The van der Waals surface area contributed by atoms with Gasteiger partial charge in [0.05, 0.1) is 0 Å². The summed E-state index contributed by atoms with van der Waals surface area (Å²) in [6, 6.07) is 7.58. The first-order chi connectivity index (χ1) is 13.0. The van der Waals surface area contributed by atoms with Gasteiger partial charge in [0.2, 0.25) is 17.7 Å². The van der Waals surface area contributed by atoms with Crippen LogP contribution in [0.1, 0.15) is 51.0 Å². The van der Waals surface area contributed by atoms with Crippen molar-refractivity contribution >= 4 is 23.4 Å². The minimum absolute atomic E-state index is 0.0194. The molecule has 148 valence electrons. The zero-order valence-corrected chi connectivity index (χ0v) is 16.3. The van der Waals surface area contributed by atoms with Crippen molar-refractivity contribution in [3.8, 4) is 0 Å². The van der Waals surface area contributed by atoms with Gasteiger partial charge in [0.25, 0.3) is 0 Å². The van der Waals surface area contributed by atoms with Crippen LogP contribution in [0.3, 0.4) is 0 Å². The molecule has 1 aliphatic carbocycles. The van der Waals surface area contributed by atoms with Crippen molar-refractivity contribution in [3.63, 3.8) is 0 Å². The van der Waals surface area contributed by atoms with Crippen molar-refractivity contribution < 1.29 is 14.4 Å². The Bertz CT molecular complexity index is 660. The zero-order chi connectivity index (χ0) is 19.6. The maximum Gasteiger partial charge on any atom is 0.226 e. The number of carbonyl (C=O) groups excluding carboxylic acids is 3. The molecule has 0 aliphatic heterocycles. The number of amides is 3. The van der Waals surface area contributed by atoms with Gasteiger partial charge in [-0.3, -0.25) is 14.4 Å². The lowest BCUT2D eigenvalue weighted by Gasteiger charge is -2.29. The highest BCUT2D eigenvalue weighted by molar-refractivity contribution is 5.92. The van der Waals surface area contributed by atoms with E-state index < -0.39 is 0 Å². The van der Waals surface area contributed by atoms with Crippen molar-refractivity contribution in [1.29, 1.82) is 0 Å². The third-order valence-corrected chi connectivity index (χ3v) is 5.06. The molecule has 3 N–H and O–H groups in total. The number of para-hydroxylation sites is 1. The predicted molar refractivity (Wildman–Crippen MR) is 106 cm³/mol. The summed E-state index contributed by atoms with van der Waals surface area (Å²) in [5.41, 5.74) is 1.78. The average Bonchev–Trinajstić information content (AvgIpc) is 2.67. The standard InChI is InChI=1S/C21H31N3O3/c1-3-13-22-20(26)16-9-5-6-10-17(16)21(27)23-14-12-19(25)24-18-11-7-4-8-15(18)2/h4,7-8,11,16-17H,3,5-6,9-10,12-14H2,1-2H3,(H,22,26)(H,23,27)(H,24,25)/t16-,17+/m1/s1. The third-order valence-electron chi connectivity index (χ3n) is 5.06. The van der Waals surface area contributed by atoms with Crippen LogP contribution in [0, 0.1) is 18.8 Å². The number of hydrogen-bond acceptors (Lipinski definition) is 3. The molecule has 0 saturated heterocycles. The number of carbonyl (C=O) groups is 3. The zero-order valence-electron chi connectivity index (χ0n) is 16.3. The molecule has 6 heteroatoms. The second kappa shape index (κ2) is 10.7. The van der Waals surface area contributed by atoms with Crippen LogP contribution in [-0.4, -0.2) is 30.8 Å². The highest BCUT2D eigenvalue weighted by Crippen LogP contribution is 2.30. The number of aryl methyl sites for hydroxylation is 1.